The van der Waals surface area contributed by atoms with Gasteiger partial charge in [-0.15, -0.1) is 11.8 Å². The van der Waals surface area contributed by atoms with Crippen LogP contribution >= 0.6 is 11.8 Å². The summed E-state index contributed by atoms with van der Waals surface area (Å²) in [5.41, 5.74) is 4.30. The molecule has 1 unspecified atom stereocenters. The van der Waals surface area contributed by atoms with Crippen LogP contribution in [0.25, 0.3) is 0 Å². The van der Waals surface area contributed by atoms with E-state index in [0.29, 0.717) is 5.56 Å². The molecule has 0 saturated heterocycles. The highest BCUT2D eigenvalue weighted by atomic mass is 32.2. The normalized spacial score (nSPS) is 15.8. The fourth-order valence-electron chi connectivity index (χ4n) is 3.19. The molecule has 2 aromatic heterocycles. The van der Waals surface area contributed by atoms with E-state index in [4.69, 9.17) is 5.73 Å². The summed E-state index contributed by atoms with van der Waals surface area (Å²) < 4.78 is 77.5. The lowest BCUT2D eigenvalue weighted by Crippen LogP contribution is -2.40. The van der Waals surface area contributed by atoms with Crippen LogP contribution < -0.4 is 16.4 Å². The lowest BCUT2D eigenvalue weighted by molar-refractivity contribution is -0.148. The third kappa shape index (κ3) is 6.27. The van der Waals surface area contributed by atoms with Crippen molar-refractivity contribution in [3.8, 4) is 0 Å². The predicted molar refractivity (Wildman–Crippen MR) is 113 cm³/mol. The zero-order valence-electron chi connectivity index (χ0n) is 18.1. The first-order chi connectivity index (χ1) is 16.7. The highest BCUT2D eigenvalue weighted by molar-refractivity contribution is 8.02. The molecule has 0 radical (unpaired) electrons. The molecule has 36 heavy (non-hydrogen) atoms. The van der Waals surface area contributed by atoms with Crippen molar-refractivity contribution in [2.45, 2.75) is 31.2 Å². The van der Waals surface area contributed by atoms with Gasteiger partial charge in [-0.05, 0) is 18.6 Å². The number of imidazole rings is 1. The number of amides is 3. The van der Waals surface area contributed by atoms with E-state index < -0.39 is 59.8 Å². The molecule has 194 valence electrons. The van der Waals surface area contributed by atoms with E-state index in [2.05, 4.69) is 20.6 Å². The van der Waals surface area contributed by atoms with Gasteiger partial charge >= 0.3 is 12.4 Å². The Morgan fingerprint density at radius 3 is 2.56 bits per heavy atom. The largest absolute Gasteiger partial charge is 0.433 e. The highest BCUT2D eigenvalue weighted by Crippen LogP contribution is 2.36. The minimum atomic E-state index is -4.86. The summed E-state index contributed by atoms with van der Waals surface area (Å²) in [6, 6.07) is 1.31. The first kappa shape index (κ1) is 26.8. The molecule has 0 bridgehead atoms. The van der Waals surface area contributed by atoms with Crippen LogP contribution in [0, 0.1) is 6.92 Å². The monoisotopic (exact) mass is 537 g/mol. The van der Waals surface area contributed by atoms with E-state index in [-0.39, 0.29) is 22.7 Å². The topological polar surface area (TPSA) is 135 Å². The van der Waals surface area contributed by atoms with E-state index in [1.165, 1.54) is 18.4 Å². The summed E-state index contributed by atoms with van der Waals surface area (Å²) in [6.07, 6.45) is -7.75. The van der Waals surface area contributed by atoms with Gasteiger partial charge < -0.3 is 20.9 Å². The minimum absolute atomic E-state index is 0.0790. The number of rotatable bonds is 7. The Labute approximate surface area is 202 Å². The molecule has 2 aromatic rings. The molecule has 0 fully saturated rings. The molecule has 3 rings (SSSR count). The fourth-order valence-corrected chi connectivity index (χ4v) is 4.07. The van der Waals surface area contributed by atoms with Crippen LogP contribution in [0.2, 0.25) is 0 Å². The van der Waals surface area contributed by atoms with E-state index in [1.807, 2.05) is 0 Å². The van der Waals surface area contributed by atoms with E-state index in [9.17, 15) is 40.7 Å². The SMILES string of the molecule is Cc1cc(C2NC(NC(=O)Cn3cnc(N)c3C(=O)N(C=O)CC(F)(F)F)=CS2)cnc1C(F)(F)F. The molecule has 0 aromatic carbocycles. The van der Waals surface area contributed by atoms with Crippen LogP contribution in [0.1, 0.15) is 32.7 Å². The second kappa shape index (κ2) is 10.1. The molecule has 17 heteroatoms. The number of hydrogen-bond acceptors (Lipinski definition) is 8. The van der Waals surface area contributed by atoms with Gasteiger partial charge in [-0.3, -0.25) is 24.3 Å². The molecule has 3 heterocycles. The van der Waals surface area contributed by atoms with Gasteiger partial charge in [0.1, 0.15) is 30.0 Å². The maximum absolute atomic E-state index is 12.9. The predicted octanol–water partition coefficient (Wildman–Crippen LogP) is 2.30. The number of aromatic nitrogens is 3. The molecular weight excluding hydrogens is 520 g/mol. The third-order valence-corrected chi connectivity index (χ3v) is 5.71. The standard InChI is InChI=1S/C19H17F6N7O3S/c1-9-2-10(3-27-14(9)19(23,24)25)16-30-11(5-36-16)29-12(34)4-31-7-28-15(26)13(31)17(35)32(8-33)6-18(20,21)22/h2-3,5,7-8,16,30H,4,6,26H2,1H3,(H,29,34). The van der Waals surface area contributed by atoms with Crippen LogP contribution in [0.4, 0.5) is 32.2 Å². The molecular formula is C19H17F6N7O3S. The van der Waals surface area contributed by atoms with Crippen molar-refractivity contribution >= 4 is 35.8 Å². The summed E-state index contributed by atoms with van der Waals surface area (Å²) in [5.74, 6) is -2.44. The van der Waals surface area contributed by atoms with Crippen molar-refractivity contribution in [2.24, 2.45) is 0 Å². The Morgan fingerprint density at radius 2 is 1.97 bits per heavy atom. The maximum atomic E-state index is 12.9. The summed E-state index contributed by atoms with van der Waals surface area (Å²) in [5, 5.41) is 6.27. The number of carbonyl (C=O) groups excluding carboxylic acids is 3. The number of aryl methyl sites for hydroxylation is 1. The molecule has 0 saturated carbocycles. The number of imide groups is 1. The second-order valence-corrected chi connectivity index (χ2v) is 8.41. The van der Waals surface area contributed by atoms with Crippen LogP contribution in [-0.4, -0.2) is 50.4 Å². The van der Waals surface area contributed by atoms with Gasteiger partial charge in [-0.1, -0.05) is 0 Å². The van der Waals surface area contributed by atoms with E-state index in [1.54, 1.807) is 0 Å². The number of nitrogens with one attached hydrogen (secondary N) is 2. The van der Waals surface area contributed by atoms with Crippen molar-refractivity contribution < 1.29 is 40.7 Å². The van der Waals surface area contributed by atoms with Gasteiger partial charge in [0.2, 0.25) is 12.3 Å². The number of nitrogen functional groups attached to an aromatic ring is 1. The van der Waals surface area contributed by atoms with Crippen molar-refractivity contribution in [1.29, 1.82) is 0 Å². The van der Waals surface area contributed by atoms with Gasteiger partial charge in [0.15, 0.2) is 11.5 Å². The Kier molecular flexibility index (Phi) is 7.51. The van der Waals surface area contributed by atoms with Crippen LogP contribution in [0.5, 0.6) is 0 Å². The number of nitrogens with zero attached hydrogens (tertiary/aromatic N) is 4. The van der Waals surface area contributed by atoms with Crippen molar-refractivity contribution in [3.63, 3.8) is 0 Å². The van der Waals surface area contributed by atoms with E-state index >= 15 is 0 Å². The van der Waals surface area contributed by atoms with Crippen LogP contribution in [0.3, 0.4) is 0 Å². The van der Waals surface area contributed by atoms with Gasteiger partial charge in [0.05, 0.1) is 6.33 Å². The number of hydrogen-bond donors (Lipinski definition) is 3. The summed E-state index contributed by atoms with van der Waals surface area (Å²) in [7, 11) is 0. The average molecular weight is 537 g/mol. The minimum Gasteiger partial charge on any atom is -0.382 e. The Balaban J connectivity index is 1.65. The fraction of sp³-hybridized carbons (Fsp3) is 0.316. The quantitative estimate of drug-likeness (QED) is 0.362. The Morgan fingerprint density at radius 1 is 1.28 bits per heavy atom. The van der Waals surface area contributed by atoms with E-state index in [0.717, 1.165) is 28.9 Å². The van der Waals surface area contributed by atoms with Gasteiger partial charge in [0.25, 0.3) is 5.91 Å². The smallest absolute Gasteiger partial charge is 0.382 e. The first-order valence-electron chi connectivity index (χ1n) is 9.79. The first-order valence-corrected chi connectivity index (χ1v) is 10.7. The molecule has 4 N–H and O–H groups in total. The van der Waals surface area contributed by atoms with Crippen LogP contribution in [-0.2, 0) is 22.3 Å². The van der Waals surface area contributed by atoms with Crippen molar-refractivity contribution in [2.75, 3.05) is 12.3 Å². The number of halogens is 6. The lowest BCUT2D eigenvalue weighted by atomic mass is 10.1. The van der Waals surface area contributed by atoms with Crippen molar-refractivity contribution in [3.05, 3.63) is 52.3 Å². The number of carbonyl (C=O) groups is 3. The maximum Gasteiger partial charge on any atom is 0.433 e. The second-order valence-electron chi connectivity index (χ2n) is 7.43. The molecule has 0 spiro atoms. The molecule has 1 aliphatic heterocycles. The van der Waals surface area contributed by atoms with Gasteiger partial charge in [-0.2, -0.15) is 26.3 Å². The molecule has 10 nitrogen and oxygen atoms in total. The number of pyridine rings is 1. The molecule has 1 aliphatic rings. The zero-order valence-corrected chi connectivity index (χ0v) is 19.0. The Hall–Kier alpha value is -3.76. The number of alkyl halides is 6. The summed E-state index contributed by atoms with van der Waals surface area (Å²) >= 11 is 1.14. The van der Waals surface area contributed by atoms with Crippen LogP contribution in [0.15, 0.2) is 29.8 Å². The molecule has 3 amide bonds. The third-order valence-electron chi connectivity index (χ3n) is 4.67. The summed E-state index contributed by atoms with van der Waals surface area (Å²) in [6.45, 7) is -1.19. The number of anilines is 1. The summed E-state index contributed by atoms with van der Waals surface area (Å²) in [4.78, 5) is 42.8. The molecule has 0 aliphatic carbocycles. The lowest BCUT2D eigenvalue weighted by Gasteiger charge is -2.18. The molecule has 1 atom stereocenters. The van der Waals surface area contributed by atoms with Crippen molar-refractivity contribution in [1.82, 2.24) is 30.1 Å². The average Bonchev–Trinajstić information content (AvgIpc) is 3.36. The highest BCUT2D eigenvalue weighted by Gasteiger charge is 2.36. The van der Waals surface area contributed by atoms with Gasteiger partial charge in [0, 0.05) is 17.2 Å². The Bertz CT molecular complexity index is 1210. The number of nitrogens with two attached hydrogens (primary N) is 1. The zero-order chi connectivity index (χ0) is 26.8. The number of thioether (sulfide) groups is 1. The van der Waals surface area contributed by atoms with Gasteiger partial charge in [-0.25, -0.2) is 4.98 Å².